The molecule has 0 aromatic carbocycles. The first-order chi connectivity index (χ1) is 9.75. The topological polar surface area (TPSA) is 32.3 Å². The molecule has 0 saturated carbocycles. The molecule has 1 N–H and O–H groups in total. The van der Waals surface area contributed by atoms with Gasteiger partial charge in [0.05, 0.1) is 5.92 Å². The first-order valence-corrected chi connectivity index (χ1v) is 8.73. The minimum absolute atomic E-state index is 0.131. The van der Waals surface area contributed by atoms with Crippen LogP contribution in [0.2, 0.25) is 0 Å². The van der Waals surface area contributed by atoms with Crippen molar-refractivity contribution < 1.29 is 4.79 Å². The molecule has 0 bridgehead atoms. The summed E-state index contributed by atoms with van der Waals surface area (Å²) in [6, 6.07) is 3.05. The molecule has 0 spiro atoms. The van der Waals surface area contributed by atoms with Crippen LogP contribution in [0.4, 0.5) is 0 Å². The molecule has 4 atom stereocenters. The Labute approximate surface area is 124 Å². The average Bonchev–Trinajstić information content (AvgIpc) is 3.11. The van der Waals surface area contributed by atoms with Gasteiger partial charge in [0.2, 0.25) is 5.91 Å². The van der Waals surface area contributed by atoms with Gasteiger partial charge in [0, 0.05) is 30.1 Å². The quantitative estimate of drug-likeness (QED) is 0.861. The number of hydrogen-bond acceptors (Lipinski definition) is 3. The van der Waals surface area contributed by atoms with E-state index in [1.165, 1.54) is 29.7 Å². The van der Waals surface area contributed by atoms with Crippen LogP contribution in [0, 0.1) is 5.92 Å². The van der Waals surface area contributed by atoms with Crippen LogP contribution in [0.3, 0.4) is 0 Å². The van der Waals surface area contributed by atoms with E-state index in [1.54, 1.807) is 0 Å². The smallest absolute Gasteiger partial charge is 0.230 e. The highest BCUT2D eigenvalue weighted by Gasteiger charge is 2.46. The SMILES string of the molecule is CC1CC2CNCC2N1C(=O)C1CCCc2sccc21. The van der Waals surface area contributed by atoms with Crippen molar-refractivity contribution >= 4 is 17.2 Å². The van der Waals surface area contributed by atoms with Crippen molar-refractivity contribution in [3.63, 3.8) is 0 Å². The van der Waals surface area contributed by atoms with Crippen molar-refractivity contribution in [2.45, 2.75) is 50.6 Å². The molecule has 0 radical (unpaired) electrons. The normalized spacial score (nSPS) is 36.0. The van der Waals surface area contributed by atoms with Gasteiger partial charge in [-0.25, -0.2) is 0 Å². The second kappa shape index (κ2) is 4.85. The lowest BCUT2D eigenvalue weighted by Crippen LogP contribution is -2.45. The van der Waals surface area contributed by atoms with Crippen LogP contribution < -0.4 is 5.32 Å². The number of nitrogens with one attached hydrogen (secondary N) is 1. The number of nitrogens with zero attached hydrogens (tertiary/aromatic N) is 1. The lowest BCUT2D eigenvalue weighted by atomic mass is 9.86. The fourth-order valence-corrected chi connectivity index (χ4v) is 5.45. The predicted octanol–water partition coefficient (Wildman–Crippen LogP) is 2.38. The first-order valence-electron chi connectivity index (χ1n) is 7.85. The van der Waals surface area contributed by atoms with E-state index in [0.717, 1.165) is 19.5 Å². The van der Waals surface area contributed by atoms with E-state index in [1.807, 2.05) is 11.3 Å². The number of hydrogen-bond donors (Lipinski definition) is 1. The Morgan fingerprint density at radius 3 is 3.25 bits per heavy atom. The highest BCUT2D eigenvalue weighted by molar-refractivity contribution is 7.10. The van der Waals surface area contributed by atoms with Crippen molar-refractivity contribution in [2.75, 3.05) is 13.1 Å². The molecule has 2 saturated heterocycles. The van der Waals surface area contributed by atoms with Crippen LogP contribution in [0.15, 0.2) is 11.4 Å². The van der Waals surface area contributed by atoms with E-state index in [4.69, 9.17) is 0 Å². The fourth-order valence-electron chi connectivity index (χ4n) is 4.47. The Balaban J connectivity index is 1.62. The zero-order chi connectivity index (χ0) is 13.7. The predicted molar refractivity (Wildman–Crippen MR) is 81.1 cm³/mol. The zero-order valence-corrected chi connectivity index (χ0v) is 12.8. The first kappa shape index (κ1) is 12.8. The van der Waals surface area contributed by atoms with Gasteiger partial charge in [-0.15, -0.1) is 11.3 Å². The second-order valence-corrected chi connectivity index (χ2v) is 7.56. The molecule has 1 aromatic heterocycles. The molecule has 3 aliphatic rings. The summed E-state index contributed by atoms with van der Waals surface area (Å²) in [6.45, 7) is 4.31. The summed E-state index contributed by atoms with van der Waals surface area (Å²) in [5.41, 5.74) is 1.33. The average molecular weight is 290 g/mol. The highest BCUT2D eigenvalue weighted by Crippen LogP contribution is 2.40. The molecule has 1 aromatic rings. The molecule has 4 unspecified atom stereocenters. The summed E-state index contributed by atoms with van der Waals surface area (Å²) >= 11 is 1.83. The summed E-state index contributed by atoms with van der Waals surface area (Å²) in [4.78, 5) is 16.8. The molecular formula is C16H22N2OS. The van der Waals surface area contributed by atoms with Crippen molar-refractivity contribution in [3.8, 4) is 0 Å². The van der Waals surface area contributed by atoms with Gasteiger partial charge in [-0.2, -0.15) is 0 Å². The van der Waals surface area contributed by atoms with Gasteiger partial charge in [-0.1, -0.05) is 0 Å². The van der Waals surface area contributed by atoms with Crippen LogP contribution in [-0.2, 0) is 11.2 Å². The van der Waals surface area contributed by atoms with E-state index in [0.29, 0.717) is 23.9 Å². The molecule has 4 heteroatoms. The number of fused-ring (bicyclic) bond motifs is 2. The molecule has 20 heavy (non-hydrogen) atoms. The molecule has 3 nitrogen and oxygen atoms in total. The summed E-state index contributed by atoms with van der Waals surface area (Å²) in [5, 5.41) is 5.61. The minimum atomic E-state index is 0.131. The number of aryl methyl sites for hydroxylation is 1. The van der Waals surface area contributed by atoms with Crippen LogP contribution in [0.25, 0.3) is 0 Å². The van der Waals surface area contributed by atoms with Crippen LogP contribution in [-0.4, -0.2) is 36.0 Å². The van der Waals surface area contributed by atoms with Crippen molar-refractivity contribution in [1.29, 1.82) is 0 Å². The Bertz CT molecular complexity index is 526. The van der Waals surface area contributed by atoms with Gasteiger partial charge in [0.1, 0.15) is 0 Å². The van der Waals surface area contributed by atoms with E-state index in [-0.39, 0.29) is 5.92 Å². The fraction of sp³-hybridized carbons (Fsp3) is 0.688. The minimum Gasteiger partial charge on any atom is -0.335 e. The Morgan fingerprint density at radius 2 is 2.35 bits per heavy atom. The van der Waals surface area contributed by atoms with Crippen molar-refractivity contribution in [3.05, 3.63) is 21.9 Å². The third-order valence-electron chi connectivity index (χ3n) is 5.38. The molecule has 3 heterocycles. The van der Waals surface area contributed by atoms with Crippen LogP contribution in [0.1, 0.15) is 42.5 Å². The number of carbonyl (C=O) groups is 1. The van der Waals surface area contributed by atoms with Crippen LogP contribution >= 0.6 is 11.3 Å². The Hall–Kier alpha value is -0.870. The van der Waals surface area contributed by atoms with Gasteiger partial charge in [0.25, 0.3) is 0 Å². The Morgan fingerprint density at radius 1 is 1.45 bits per heavy atom. The second-order valence-electron chi connectivity index (χ2n) is 6.56. The van der Waals surface area contributed by atoms with Gasteiger partial charge in [-0.3, -0.25) is 4.79 Å². The van der Waals surface area contributed by atoms with Gasteiger partial charge in [-0.05, 0) is 55.5 Å². The number of likely N-dealkylation sites (tertiary alicyclic amines) is 1. The molecule has 1 aliphatic carbocycles. The largest absolute Gasteiger partial charge is 0.335 e. The molecule has 2 fully saturated rings. The Kier molecular flexibility index (Phi) is 3.11. The highest BCUT2D eigenvalue weighted by atomic mass is 32.1. The van der Waals surface area contributed by atoms with E-state index >= 15 is 0 Å². The van der Waals surface area contributed by atoms with Gasteiger partial charge < -0.3 is 10.2 Å². The molecule has 4 rings (SSSR count). The molecule has 2 aliphatic heterocycles. The summed E-state index contributed by atoms with van der Waals surface area (Å²) in [5.74, 6) is 1.21. The third-order valence-corrected chi connectivity index (χ3v) is 6.38. The third kappa shape index (κ3) is 1.85. The van der Waals surface area contributed by atoms with E-state index < -0.39 is 0 Å². The van der Waals surface area contributed by atoms with Crippen molar-refractivity contribution in [1.82, 2.24) is 10.2 Å². The lowest BCUT2D eigenvalue weighted by Gasteiger charge is -2.33. The number of thiophene rings is 1. The molecule has 108 valence electrons. The van der Waals surface area contributed by atoms with Gasteiger partial charge in [0.15, 0.2) is 0 Å². The van der Waals surface area contributed by atoms with E-state index in [2.05, 4.69) is 28.6 Å². The van der Waals surface area contributed by atoms with Gasteiger partial charge >= 0.3 is 0 Å². The standard InChI is InChI=1S/C16H22N2OS/c1-10-7-11-8-17-9-14(11)18(10)16(19)13-3-2-4-15-12(13)5-6-20-15/h5-6,10-11,13-14,17H,2-4,7-9H2,1H3. The van der Waals surface area contributed by atoms with Crippen LogP contribution in [0.5, 0.6) is 0 Å². The summed E-state index contributed by atoms with van der Waals surface area (Å²) in [6.07, 6.45) is 4.54. The monoisotopic (exact) mass is 290 g/mol. The number of carbonyl (C=O) groups excluding carboxylic acids is 1. The molecule has 1 amide bonds. The maximum absolute atomic E-state index is 13.1. The van der Waals surface area contributed by atoms with Crippen molar-refractivity contribution in [2.24, 2.45) is 5.92 Å². The maximum atomic E-state index is 13.1. The summed E-state index contributed by atoms with van der Waals surface area (Å²) < 4.78 is 0. The number of amides is 1. The zero-order valence-electron chi connectivity index (χ0n) is 12.0. The molecular weight excluding hydrogens is 268 g/mol. The lowest BCUT2D eigenvalue weighted by molar-refractivity contribution is -0.135. The number of rotatable bonds is 1. The maximum Gasteiger partial charge on any atom is 0.230 e. The summed E-state index contributed by atoms with van der Waals surface area (Å²) in [7, 11) is 0. The van der Waals surface area contributed by atoms with E-state index in [9.17, 15) is 4.79 Å².